The quantitative estimate of drug-likeness (QED) is 0.178. The number of nitrogens with one attached hydrogen (secondary N) is 2. The molecule has 0 bridgehead atoms. The van der Waals surface area contributed by atoms with Crippen molar-refractivity contribution in [2.45, 2.75) is 26.1 Å². The molecule has 0 aliphatic carbocycles. The van der Waals surface area contributed by atoms with E-state index in [1.807, 2.05) is 26.2 Å². The molecular formula is C17H28CaN4O7S. The molecular weight excluding hydrogens is 444 g/mol. The van der Waals surface area contributed by atoms with Crippen LogP contribution in [0.5, 0.6) is 0 Å². The van der Waals surface area contributed by atoms with Crippen molar-refractivity contribution in [3.8, 4) is 0 Å². The molecule has 2 N–H and O–H groups in total. The van der Waals surface area contributed by atoms with Crippen LogP contribution in [-0.4, -0.2) is 92.9 Å². The molecule has 0 unspecified atom stereocenters. The molecule has 0 amide bonds. The van der Waals surface area contributed by atoms with Gasteiger partial charge in [0.05, 0.1) is 17.2 Å². The minimum absolute atomic E-state index is 0. The Balaban J connectivity index is -0.000000692. The van der Waals surface area contributed by atoms with E-state index in [-0.39, 0.29) is 37.7 Å². The van der Waals surface area contributed by atoms with Gasteiger partial charge in [0, 0.05) is 31.3 Å². The standard InChI is InChI=1S/C13H22N4O3S.2C2H4O2.Ca/c1-14-13(9-17(18)19)15-6-7-21-10-12-5-4-11(20-12)8-16(2)3;2*1-2(3)4;/h4-5,9,14-15H,6-8,10H2,1-3H3;2*1H3,(H,3,4);/q;;;+2/p-2. The van der Waals surface area contributed by atoms with E-state index in [9.17, 15) is 10.1 Å². The summed E-state index contributed by atoms with van der Waals surface area (Å²) in [5.41, 5.74) is 0. The van der Waals surface area contributed by atoms with E-state index in [4.69, 9.17) is 24.2 Å². The van der Waals surface area contributed by atoms with Crippen LogP contribution >= 0.6 is 11.8 Å². The number of carboxylic acids is 2. The Hall–Kier alpha value is -1.47. The Morgan fingerprint density at radius 2 is 1.70 bits per heavy atom. The van der Waals surface area contributed by atoms with Crippen LogP contribution in [0.4, 0.5) is 0 Å². The first-order valence-electron chi connectivity index (χ1n) is 8.40. The van der Waals surface area contributed by atoms with Crippen LogP contribution < -0.4 is 20.8 Å². The minimum atomic E-state index is -1.08. The summed E-state index contributed by atoms with van der Waals surface area (Å²) in [7, 11) is 5.64. The predicted molar refractivity (Wildman–Crippen MR) is 112 cm³/mol. The van der Waals surface area contributed by atoms with Gasteiger partial charge < -0.3 is 39.8 Å². The zero-order valence-corrected chi connectivity index (χ0v) is 21.0. The second-order valence-electron chi connectivity index (χ2n) is 5.65. The molecule has 1 heterocycles. The second-order valence-corrected chi connectivity index (χ2v) is 6.75. The fourth-order valence-corrected chi connectivity index (χ4v) is 2.38. The molecule has 166 valence electrons. The van der Waals surface area contributed by atoms with Crippen molar-refractivity contribution in [1.82, 2.24) is 15.5 Å². The van der Waals surface area contributed by atoms with Crippen LogP contribution in [0.1, 0.15) is 25.4 Å². The summed E-state index contributed by atoms with van der Waals surface area (Å²) < 4.78 is 5.70. The van der Waals surface area contributed by atoms with E-state index in [0.717, 1.165) is 49.6 Å². The molecule has 0 saturated heterocycles. The van der Waals surface area contributed by atoms with Crippen LogP contribution in [0.3, 0.4) is 0 Å². The summed E-state index contributed by atoms with van der Waals surface area (Å²) in [5, 5.41) is 33.8. The first kappa shape index (κ1) is 33.2. The monoisotopic (exact) mass is 472 g/mol. The molecule has 1 aromatic rings. The first-order valence-corrected chi connectivity index (χ1v) is 9.55. The fraction of sp³-hybridized carbons (Fsp3) is 0.529. The third-order valence-corrected chi connectivity index (χ3v) is 3.48. The Labute approximate surface area is 210 Å². The zero-order valence-electron chi connectivity index (χ0n) is 17.9. The van der Waals surface area contributed by atoms with Crippen LogP contribution in [-0.2, 0) is 21.9 Å². The van der Waals surface area contributed by atoms with Gasteiger partial charge in [-0.25, -0.2) is 0 Å². The van der Waals surface area contributed by atoms with Gasteiger partial charge >= 0.3 is 37.7 Å². The topological polar surface area (TPSA) is 164 Å². The molecule has 0 aliphatic heterocycles. The molecule has 0 aliphatic rings. The number of furan rings is 1. The van der Waals surface area contributed by atoms with E-state index >= 15 is 0 Å². The average Bonchev–Trinajstić information content (AvgIpc) is 2.98. The SMILES string of the molecule is CC(=O)[O-].CC(=O)[O-].CNC(=C[N+](=O)[O-])NCCSCc1ccc(CN(C)C)o1.[Ca+2]. The Morgan fingerprint density at radius 1 is 1.20 bits per heavy atom. The molecule has 30 heavy (non-hydrogen) atoms. The van der Waals surface area contributed by atoms with E-state index in [0.29, 0.717) is 12.4 Å². The number of rotatable bonds is 10. The maximum Gasteiger partial charge on any atom is 2.00 e. The molecule has 11 nitrogen and oxygen atoms in total. The van der Waals surface area contributed by atoms with Crippen LogP contribution in [0.25, 0.3) is 0 Å². The normalized spacial score (nSPS) is 9.87. The summed E-state index contributed by atoms with van der Waals surface area (Å²) in [6.07, 6.45) is 0.921. The number of thioether (sulfide) groups is 1. The van der Waals surface area contributed by atoms with Crippen LogP contribution in [0.2, 0.25) is 0 Å². The minimum Gasteiger partial charge on any atom is -0.550 e. The summed E-state index contributed by atoms with van der Waals surface area (Å²) in [4.78, 5) is 29.7. The van der Waals surface area contributed by atoms with Crippen molar-refractivity contribution in [2.24, 2.45) is 0 Å². The largest absolute Gasteiger partial charge is 2.00 e. The molecule has 1 rings (SSSR count). The number of carbonyl (C=O) groups excluding carboxylic acids is 2. The van der Waals surface area contributed by atoms with Crippen LogP contribution in [0, 0.1) is 10.1 Å². The summed E-state index contributed by atoms with van der Waals surface area (Å²) >= 11 is 1.72. The zero-order chi connectivity index (χ0) is 22.8. The molecule has 0 atom stereocenters. The maximum atomic E-state index is 10.3. The van der Waals surface area contributed by atoms with Crippen LogP contribution in [0.15, 0.2) is 28.6 Å². The number of hydrogen-bond donors (Lipinski definition) is 2. The van der Waals surface area contributed by atoms with E-state index in [2.05, 4.69) is 15.5 Å². The molecule has 0 spiro atoms. The fourth-order valence-electron chi connectivity index (χ4n) is 1.63. The van der Waals surface area contributed by atoms with E-state index in [1.165, 1.54) is 0 Å². The van der Waals surface area contributed by atoms with Gasteiger partial charge in [-0.15, -0.1) is 0 Å². The van der Waals surface area contributed by atoms with Crippen molar-refractivity contribution >= 4 is 61.4 Å². The smallest absolute Gasteiger partial charge is 0.550 e. The van der Waals surface area contributed by atoms with E-state index in [1.54, 1.807) is 18.8 Å². The Bertz CT molecular complexity index is 634. The molecule has 13 heteroatoms. The number of nitrogens with zero attached hydrogens (tertiary/aromatic N) is 2. The van der Waals surface area contributed by atoms with Crippen molar-refractivity contribution in [1.29, 1.82) is 0 Å². The third kappa shape index (κ3) is 26.5. The number of carbonyl (C=O) groups is 2. The van der Waals surface area contributed by atoms with Gasteiger partial charge in [-0.1, -0.05) is 0 Å². The van der Waals surface area contributed by atoms with Gasteiger partial charge in [0.2, 0.25) is 0 Å². The molecule has 1 aromatic heterocycles. The second kappa shape index (κ2) is 20.8. The van der Waals surface area contributed by atoms with Crippen molar-refractivity contribution in [2.75, 3.05) is 33.4 Å². The molecule has 0 fully saturated rings. The third-order valence-electron chi connectivity index (χ3n) is 2.50. The summed E-state index contributed by atoms with van der Waals surface area (Å²) in [5.74, 6) is 1.78. The van der Waals surface area contributed by atoms with Crippen molar-refractivity contribution in [3.63, 3.8) is 0 Å². The van der Waals surface area contributed by atoms with Gasteiger partial charge in [0.1, 0.15) is 11.5 Å². The number of nitro groups is 1. The van der Waals surface area contributed by atoms with Gasteiger partial charge in [-0.05, 0) is 40.1 Å². The predicted octanol–water partition coefficient (Wildman–Crippen LogP) is -1.41. The van der Waals surface area contributed by atoms with Crippen molar-refractivity contribution in [3.05, 3.63) is 45.8 Å². The number of carboxylic acid groups (broad SMARTS) is 2. The summed E-state index contributed by atoms with van der Waals surface area (Å²) in [6, 6.07) is 3.98. The molecule has 0 saturated carbocycles. The number of hydrogen-bond acceptors (Lipinski definition) is 11. The van der Waals surface area contributed by atoms with Crippen molar-refractivity contribution < 1.29 is 29.1 Å². The summed E-state index contributed by atoms with van der Waals surface area (Å²) in [6.45, 7) is 3.39. The Kier molecular flexibility index (Phi) is 23.0. The number of aliphatic carboxylic acids is 2. The van der Waals surface area contributed by atoms with Gasteiger partial charge in [0.25, 0.3) is 6.20 Å². The average molecular weight is 473 g/mol. The Morgan fingerprint density at radius 3 is 2.13 bits per heavy atom. The van der Waals surface area contributed by atoms with E-state index < -0.39 is 16.9 Å². The van der Waals surface area contributed by atoms with Gasteiger partial charge in [0.15, 0.2) is 5.82 Å². The van der Waals surface area contributed by atoms with Gasteiger partial charge in [-0.3, -0.25) is 10.1 Å². The molecule has 0 radical (unpaired) electrons. The maximum absolute atomic E-state index is 10.3. The van der Waals surface area contributed by atoms with Gasteiger partial charge in [-0.2, -0.15) is 11.8 Å². The molecule has 0 aromatic carbocycles. The first-order chi connectivity index (χ1) is 13.5.